The van der Waals surface area contributed by atoms with Crippen LogP contribution >= 0.6 is 0 Å². The van der Waals surface area contributed by atoms with Crippen molar-refractivity contribution >= 4 is 11.7 Å². The SMILES string of the molecule is COc1cc(OC)c([C@@H]2CC(=O)N(N(C)C)C3=C2C(=O)CCC3)cc1OC. The second kappa shape index (κ2) is 7.60. The van der Waals surface area contributed by atoms with Crippen molar-refractivity contribution in [1.29, 1.82) is 0 Å². The summed E-state index contributed by atoms with van der Waals surface area (Å²) in [6.45, 7) is 0. The van der Waals surface area contributed by atoms with E-state index < -0.39 is 0 Å². The van der Waals surface area contributed by atoms with Gasteiger partial charge in [-0.05, 0) is 18.9 Å². The molecule has 0 unspecified atom stereocenters. The molecule has 7 nitrogen and oxygen atoms in total. The molecule has 0 saturated carbocycles. The van der Waals surface area contributed by atoms with E-state index in [0.717, 1.165) is 17.7 Å². The van der Waals surface area contributed by atoms with Crippen molar-refractivity contribution in [1.82, 2.24) is 10.0 Å². The van der Waals surface area contributed by atoms with Crippen molar-refractivity contribution in [2.45, 2.75) is 31.6 Å². The summed E-state index contributed by atoms with van der Waals surface area (Å²) in [7, 11) is 8.32. The quantitative estimate of drug-likeness (QED) is 0.789. The fraction of sp³-hybridized carbons (Fsp3) is 0.500. The van der Waals surface area contributed by atoms with Crippen LogP contribution in [0.2, 0.25) is 0 Å². The van der Waals surface area contributed by atoms with Crippen LogP contribution in [0.15, 0.2) is 23.4 Å². The molecule has 0 radical (unpaired) electrons. The predicted molar refractivity (Wildman–Crippen MR) is 99.9 cm³/mol. The highest BCUT2D eigenvalue weighted by Gasteiger charge is 2.41. The Balaban J connectivity index is 2.20. The van der Waals surface area contributed by atoms with Crippen LogP contribution in [0.3, 0.4) is 0 Å². The molecular formula is C20H26N2O5. The zero-order valence-electron chi connectivity index (χ0n) is 16.5. The minimum Gasteiger partial charge on any atom is -0.496 e. The maximum absolute atomic E-state index is 12.9. The van der Waals surface area contributed by atoms with Gasteiger partial charge in [-0.25, -0.2) is 10.0 Å². The van der Waals surface area contributed by atoms with Gasteiger partial charge in [-0.3, -0.25) is 9.59 Å². The number of benzene rings is 1. The molecule has 0 spiro atoms. The first kappa shape index (κ1) is 19.2. The fourth-order valence-electron chi connectivity index (χ4n) is 4.03. The van der Waals surface area contributed by atoms with Gasteiger partial charge in [0.25, 0.3) is 0 Å². The second-order valence-corrected chi connectivity index (χ2v) is 6.90. The van der Waals surface area contributed by atoms with Crippen LogP contribution in [0.25, 0.3) is 0 Å². The van der Waals surface area contributed by atoms with Gasteiger partial charge in [-0.2, -0.15) is 0 Å². The van der Waals surface area contributed by atoms with E-state index in [4.69, 9.17) is 14.2 Å². The van der Waals surface area contributed by atoms with Crippen LogP contribution in [-0.2, 0) is 9.59 Å². The molecule has 1 aromatic rings. The molecule has 1 aromatic carbocycles. The number of Topliss-reactive ketones (excluding diaryl/α,β-unsaturated/α-hetero) is 1. The monoisotopic (exact) mass is 374 g/mol. The summed E-state index contributed by atoms with van der Waals surface area (Å²) in [5, 5.41) is 3.38. The van der Waals surface area contributed by atoms with Crippen LogP contribution < -0.4 is 14.2 Å². The van der Waals surface area contributed by atoms with Crippen LogP contribution in [-0.4, -0.2) is 57.1 Å². The zero-order chi connectivity index (χ0) is 19.7. The molecule has 0 bridgehead atoms. The Kier molecular flexibility index (Phi) is 5.41. The Morgan fingerprint density at radius 1 is 0.963 bits per heavy atom. The maximum Gasteiger partial charge on any atom is 0.242 e. The van der Waals surface area contributed by atoms with Crippen LogP contribution in [0, 0.1) is 0 Å². The molecule has 1 aliphatic carbocycles. The molecule has 1 heterocycles. The van der Waals surface area contributed by atoms with Crippen molar-refractivity contribution < 1.29 is 23.8 Å². The Hall–Kier alpha value is -2.54. The first-order chi connectivity index (χ1) is 12.9. The number of rotatable bonds is 5. The smallest absolute Gasteiger partial charge is 0.242 e. The number of hydrazine groups is 1. The van der Waals surface area contributed by atoms with E-state index >= 15 is 0 Å². The number of carbonyl (C=O) groups is 2. The van der Waals surface area contributed by atoms with Gasteiger partial charge in [-0.15, -0.1) is 0 Å². The molecule has 0 aromatic heterocycles. The second-order valence-electron chi connectivity index (χ2n) is 6.90. The zero-order valence-corrected chi connectivity index (χ0v) is 16.5. The highest BCUT2D eigenvalue weighted by atomic mass is 16.5. The van der Waals surface area contributed by atoms with E-state index in [1.165, 1.54) is 0 Å². The summed E-state index contributed by atoms with van der Waals surface area (Å²) in [5.74, 6) is 1.37. The number of hydrogen-bond donors (Lipinski definition) is 0. The number of nitrogens with zero attached hydrogens (tertiary/aromatic N) is 2. The third-order valence-electron chi connectivity index (χ3n) is 5.16. The predicted octanol–water partition coefficient (Wildman–Crippen LogP) is 2.51. The Morgan fingerprint density at radius 2 is 1.59 bits per heavy atom. The summed E-state index contributed by atoms with van der Waals surface area (Å²) in [6, 6.07) is 3.55. The van der Waals surface area contributed by atoms with Gasteiger partial charge in [-0.1, -0.05) is 0 Å². The number of ether oxygens (including phenoxy) is 3. The molecule has 2 aliphatic rings. The van der Waals surface area contributed by atoms with Crippen molar-refractivity contribution in [3.63, 3.8) is 0 Å². The van der Waals surface area contributed by atoms with E-state index in [0.29, 0.717) is 35.7 Å². The first-order valence-corrected chi connectivity index (χ1v) is 8.99. The Bertz CT molecular complexity index is 800. The van der Waals surface area contributed by atoms with E-state index in [9.17, 15) is 9.59 Å². The molecule has 0 N–H and O–H groups in total. The molecule has 1 atom stereocenters. The molecule has 1 amide bonds. The number of carbonyl (C=O) groups excluding carboxylic acids is 2. The highest BCUT2D eigenvalue weighted by Crippen LogP contribution is 2.47. The van der Waals surface area contributed by atoms with Crippen molar-refractivity contribution in [2.24, 2.45) is 0 Å². The fourth-order valence-corrected chi connectivity index (χ4v) is 4.03. The molecule has 27 heavy (non-hydrogen) atoms. The van der Waals surface area contributed by atoms with Gasteiger partial charge in [0.15, 0.2) is 17.3 Å². The van der Waals surface area contributed by atoms with Gasteiger partial charge in [0.2, 0.25) is 5.91 Å². The topological polar surface area (TPSA) is 68.3 Å². The van der Waals surface area contributed by atoms with E-state index in [1.54, 1.807) is 37.4 Å². The lowest BCUT2D eigenvalue weighted by atomic mass is 9.77. The van der Waals surface area contributed by atoms with Gasteiger partial charge < -0.3 is 14.2 Å². The number of amides is 1. The van der Waals surface area contributed by atoms with Crippen LogP contribution in [0.5, 0.6) is 17.2 Å². The molecule has 3 rings (SSSR count). The van der Waals surface area contributed by atoms with Gasteiger partial charge in [0, 0.05) is 55.8 Å². The summed E-state index contributed by atoms with van der Waals surface area (Å²) in [4.78, 5) is 25.8. The largest absolute Gasteiger partial charge is 0.496 e. The average molecular weight is 374 g/mol. The average Bonchev–Trinajstić information content (AvgIpc) is 2.65. The standard InChI is InChI=1S/C20H26N2O5/c1-21(2)22-14-7-6-8-15(23)20(14)13(10-19(22)24)12-9-17(26-4)18(27-5)11-16(12)25-3/h9,11,13H,6-8,10H2,1-5H3/t13-/m0/s1. The molecule has 7 heteroatoms. The minimum atomic E-state index is -0.355. The third kappa shape index (κ3) is 3.27. The van der Waals surface area contributed by atoms with Crippen molar-refractivity contribution in [2.75, 3.05) is 35.4 Å². The summed E-state index contributed by atoms with van der Waals surface area (Å²) >= 11 is 0. The summed E-state index contributed by atoms with van der Waals surface area (Å²) in [5.41, 5.74) is 2.28. The Labute approximate surface area is 159 Å². The lowest BCUT2D eigenvalue weighted by Gasteiger charge is -2.41. The van der Waals surface area contributed by atoms with E-state index in [1.807, 2.05) is 20.2 Å². The molecule has 0 fully saturated rings. The van der Waals surface area contributed by atoms with Crippen LogP contribution in [0.4, 0.5) is 0 Å². The van der Waals surface area contributed by atoms with Gasteiger partial charge in [0.1, 0.15) is 5.75 Å². The minimum absolute atomic E-state index is 0.0321. The lowest BCUT2D eigenvalue weighted by Crippen LogP contribution is -2.47. The van der Waals surface area contributed by atoms with Crippen molar-refractivity contribution in [3.8, 4) is 17.2 Å². The maximum atomic E-state index is 12.9. The summed E-state index contributed by atoms with van der Waals surface area (Å²) < 4.78 is 16.3. The third-order valence-corrected chi connectivity index (χ3v) is 5.16. The van der Waals surface area contributed by atoms with E-state index in [-0.39, 0.29) is 24.0 Å². The molecular weight excluding hydrogens is 348 g/mol. The lowest BCUT2D eigenvalue weighted by molar-refractivity contribution is -0.143. The number of ketones is 1. The molecule has 1 aliphatic heterocycles. The number of allylic oxidation sites excluding steroid dienone is 2. The normalized spacial score (nSPS) is 20.1. The first-order valence-electron chi connectivity index (χ1n) is 8.99. The Morgan fingerprint density at radius 3 is 2.19 bits per heavy atom. The van der Waals surface area contributed by atoms with Gasteiger partial charge >= 0.3 is 0 Å². The summed E-state index contributed by atoms with van der Waals surface area (Å²) in [6.07, 6.45) is 2.16. The number of hydrogen-bond acceptors (Lipinski definition) is 6. The van der Waals surface area contributed by atoms with Crippen molar-refractivity contribution in [3.05, 3.63) is 29.0 Å². The molecule has 0 saturated heterocycles. The highest BCUT2D eigenvalue weighted by molar-refractivity contribution is 6.01. The number of methoxy groups -OCH3 is 3. The van der Waals surface area contributed by atoms with Gasteiger partial charge in [0.05, 0.1) is 21.3 Å². The molecule has 146 valence electrons. The van der Waals surface area contributed by atoms with Crippen LogP contribution in [0.1, 0.15) is 37.2 Å². The van der Waals surface area contributed by atoms with E-state index in [2.05, 4.69) is 0 Å².